The zero-order chi connectivity index (χ0) is 15.4. The van der Waals surface area contributed by atoms with Crippen molar-refractivity contribution in [3.63, 3.8) is 0 Å². The summed E-state index contributed by atoms with van der Waals surface area (Å²) in [5, 5.41) is 25.3. The number of carbonyl (C=O) groups is 1. The number of amides is 1. The van der Waals surface area contributed by atoms with Crippen LogP contribution in [-0.4, -0.2) is 36.6 Å². The van der Waals surface area contributed by atoms with Gasteiger partial charge in [0.2, 0.25) is 5.91 Å². The number of nitro benzene ring substituents is 1. The van der Waals surface area contributed by atoms with E-state index in [0.29, 0.717) is 13.0 Å². The highest BCUT2D eigenvalue weighted by Crippen LogP contribution is 2.22. The Morgan fingerprint density at radius 1 is 1.62 bits per heavy atom. The van der Waals surface area contributed by atoms with Gasteiger partial charge in [-0.25, -0.2) is 0 Å². The van der Waals surface area contributed by atoms with E-state index in [1.807, 2.05) is 6.07 Å². The molecule has 2 rings (SSSR count). The predicted octanol–water partition coefficient (Wildman–Crippen LogP) is 0.782. The summed E-state index contributed by atoms with van der Waals surface area (Å²) in [6, 6.07) is 5.18. The van der Waals surface area contributed by atoms with E-state index in [4.69, 9.17) is 10.00 Å². The smallest absolute Gasteiger partial charge is 0.270 e. The molecule has 8 heteroatoms. The van der Waals surface area contributed by atoms with Crippen molar-refractivity contribution in [2.75, 3.05) is 19.0 Å². The van der Waals surface area contributed by atoms with E-state index in [-0.39, 0.29) is 28.9 Å². The average molecular weight is 290 g/mol. The molecule has 21 heavy (non-hydrogen) atoms. The Morgan fingerprint density at radius 2 is 2.38 bits per heavy atom. The van der Waals surface area contributed by atoms with Crippen LogP contribution in [0.2, 0.25) is 0 Å². The number of non-ortho nitro benzene ring substituents is 1. The lowest BCUT2D eigenvalue weighted by molar-refractivity contribution is -0.384. The Bertz CT molecular complexity index is 611. The van der Waals surface area contributed by atoms with Crippen LogP contribution in [0.4, 0.5) is 11.4 Å². The van der Waals surface area contributed by atoms with Gasteiger partial charge >= 0.3 is 0 Å². The van der Waals surface area contributed by atoms with Crippen molar-refractivity contribution >= 4 is 17.3 Å². The number of benzene rings is 1. The van der Waals surface area contributed by atoms with Crippen molar-refractivity contribution in [3.8, 4) is 6.07 Å². The van der Waals surface area contributed by atoms with E-state index in [9.17, 15) is 14.9 Å². The summed E-state index contributed by atoms with van der Waals surface area (Å²) < 4.78 is 5.16. The molecular formula is C13H14N4O4. The normalized spacial score (nSPS) is 20.8. The van der Waals surface area contributed by atoms with Crippen LogP contribution in [0.15, 0.2) is 18.2 Å². The van der Waals surface area contributed by atoms with E-state index < -0.39 is 11.0 Å². The zero-order valence-electron chi connectivity index (χ0n) is 11.3. The summed E-state index contributed by atoms with van der Waals surface area (Å²) in [7, 11) is 1.58. The van der Waals surface area contributed by atoms with Gasteiger partial charge in [0.15, 0.2) is 0 Å². The first kappa shape index (κ1) is 14.9. The predicted molar refractivity (Wildman–Crippen MR) is 73.6 cm³/mol. The highest BCUT2D eigenvalue weighted by molar-refractivity contribution is 5.96. The first-order chi connectivity index (χ1) is 10.0. The molecule has 2 atom stereocenters. The molecule has 1 aromatic carbocycles. The van der Waals surface area contributed by atoms with Crippen LogP contribution in [0.1, 0.15) is 12.0 Å². The summed E-state index contributed by atoms with van der Waals surface area (Å²) in [4.78, 5) is 22.2. The molecule has 0 radical (unpaired) electrons. The average Bonchev–Trinajstić information content (AvgIpc) is 2.96. The molecule has 2 N–H and O–H groups in total. The van der Waals surface area contributed by atoms with Crippen molar-refractivity contribution in [2.45, 2.75) is 18.6 Å². The molecule has 1 aromatic rings. The lowest BCUT2D eigenvalue weighted by atomic mass is 10.1. The quantitative estimate of drug-likeness (QED) is 0.625. The van der Waals surface area contributed by atoms with Crippen LogP contribution in [0.25, 0.3) is 0 Å². The summed E-state index contributed by atoms with van der Waals surface area (Å²) in [5.41, 5.74) is 0.123. The Morgan fingerprint density at radius 3 is 2.95 bits per heavy atom. The SMILES string of the molecule is COC1CNC(C(=O)Nc2ccc([N+](=O)[O-])cc2C#N)C1. The molecule has 1 saturated heterocycles. The number of rotatable bonds is 4. The number of nitriles is 1. The second-order valence-electron chi connectivity index (χ2n) is 4.64. The summed E-state index contributed by atoms with van der Waals surface area (Å²) in [6.45, 7) is 0.583. The van der Waals surface area contributed by atoms with Crippen LogP contribution in [0, 0.1) is 21.4 Å². The maximum atomic E-state index is 12.1. The number of nitrogens with one attached hydrogen (secondary N) is 2. The fraction of sp³-hybridized carbons (Fsp3) is 0.385. The van der Waals surface area contributed by atoms with Crippen LogP contribution in [-0.2, 0) is 9.53 Å². The maximum absolute atomic E-state index is 12.1. The highest BCUT2D eigenvalue weighted by Gasteiger charge is 2.29. The van der Waals surface area contributed by atoms with Gasteiger partial charge in [-0.15, -0.1) is 0 Å². The van der Waals surface area contributed by atoms with Gasteiger partial charge in [-0.2, -0.15) is 5.26 Å². The summed E-state index contributed by atoms with van der Waals surface area (Å²) in [6.07, 6.45) is 0.519. The molecule has 1 aliphatic heterocycles. The summed E-state index contributed by atoms with van der Waals surface area (Å²) in [5.74, 6) is -0.292. The first-order valence-electron chi connectivity index (χ1n) is 6.30. The third-order valence-electron chi connectivity index (χ3n) is 3.33. The monoisotopic (exact) mass is 290 g/mol. The standard InChI is InChI=1S/C13H14N4O4/c1-21-10-5-12(15-7-10)13(18)16-11-3-2-9(17(19)20)4-8(11)6-14/h2-4,10,12,15H,5,7H2,1H3,(H,16,18). The third-order valence-corrected chi connectivity index (χ3v) is 3.33. The minimum atomic E-state index is -0.589. The molecule has 0 saturated carbocycles. The van der Waals surface area contributed by atoms with E-state index >= 15 is 0 Å². The molecular weight excluding hydrogens is 276 g/mol. The van der Waals surface area contributed by atoms with Gasteiger partial charge in [0.25, 0.3) is 5.69 Å². The van der Waals surface area contributed by atoms with Gasteiger partial charge < -0.3 is 15.4 Å². The highest BCUT2D eigenvalue weighted by atomic mass is 16.6. The van der Waals surface area contributed by atoms with Crippen molar-refractivity contribution < 1.29 is 14.5 Å². The molecule has 1 heterocycles. The van der Waals surface area contributed by atoms with Gasteiger partial charge in [0.05, 0.1) is 28.3 Å². The third kappa shape index (κ3) is 3.34. The Balaban J connectivity index is 2.11. The fourth-order valence-electron chi connectivity index (χ4n) is 2.15. The van der Waals surface area contributed by atoms with Crippen molar-refractivity contribution in [1.82, 2.24) is 5.32 Å². The Hall–Kier alpha value is -2.50. The lowest BCUT2D eigenvalue weighted by Crippen LogP contribution is -2.35. The van der Waals surface area contributed by atoms with Crippen LogP contribution in [0.3, 0.4) is 0 Å². The number of carbonyl (C=O) groups excluding carboxylic acids is 1. The van der Waals surface area contributed by atoms with Gasteiger partial charge in [-0.05, 0) is 12.5 Å². The summed E-state index contributed by atoms with van der Waals surface area (Å²) >= 11 is 0. The molecule has 0 aromatic heterocycles. The number of methoxy groups -OCH3 is 1. The van der Waals surface area contributed by atoms with Gasteiger partial charge in [-0.1, -0.05) is 0 Å². The van der Waals surface area contributed by atoms with E-state index in [1.54, 1.807) is 7.11 Å². The Kier molecular flexibility index (Phi) is 4.47. The molecule has 1 fully saturated rings. The molecule has 110 valence electrons. The first-order valence-corrected chi connectivity index (χ1v) is 6.30. The lowest BCUT2D eigenvalue weighted by Gasteiger charge is -2.12. The number of hydrogen-bond donors (Lipinski definition) is 2. The van der Waals surface area contributed by atoms with E-state index in [2.05, 4.69) is 10.6 Å². The second kappa shape index (κ2) is 6.30. The molecule has 8 nitrogen and oxygen atoms in total. The topological polar surface area (TPSA) is 117 Å². The van der Waals surface area contributed by atoms with E-state index in [0.717, 1.165) is 6.07 Å². The minimum absolute atomic E-state index is 0.0203. The molecule has 0 spiro atoms. The van der Waals surface area contributed by atoms with Crippen LogP contribution < -0.4 is 10.6 Å². The van der Waals surface area contributed by atoms with Crippen molar-refractivity contribution in [1.29, 1.82) is 5.26 Å². The number of anilines is 1. The van der Waals surface area contributed by atoms with E-state index in [1.165, 1.54) is 12.1 Å². The number of ether oxygens (including phenoxy) is 1. The zero-order valence-corrected chi connectivity index (χ0v) is 11.3. The number of nitro groups is 1. The van der Waals surface area contributed by atoms with Crippen LogP contribution in [0.5, 0.6) is 0 Å². The van der Waals surface area contributed by atoms with Crippen molar-refractivity contribution in [3.05, 3.63) is 33.9 Å². The number of hydrogen-bond acceptors (Lipinski definition) is 6. The molecule has 2 unspecified atom stereocenters. The largest absolute Gasteiger partial charge is 0.380 e. The fourth-order valence-corrected chi connectivity index (χ4v) is 2.15. The maximum Gasteiger partial charge on any atom is 0.270 e. The van der Waals surface area contributed by atoms with Crippen molar-refractivity contribution in [2.24, 2.45) is 0 Å². The van der Waals surface area contributed by atoms with Gasteiger partial charge in [0, 0.05) is 25.8 Å². The molecule has 0 aliphatic carbocycles. The minimum Gasteiger partial charge on any atom is -0.380 e. The van der Waals surface area contributed by atoms with Gasteiger partial charge in [-0.3, -0.25) is 14.9 Å². The molecule has 0 bridgehead atoms. The number of nitrogens with zero attached hydrogens (tertiary/aromatic N) is 2. The molecule has 1 aliphatic rings. The Labute approximate surface area is 120 Å². The molecule has 1 amide bonds. The van der Waals surface area contributed by atoms with Crippen LogP contribution >= 0.6 is 0 Å². The second-order valence-corrected chi connectivity index (χ2v) is 4.64. The van der Waals surface area contributed by atoms with Gasteiger partial charge in [0.1, 0.15) is 6.07 Å².